The van der Waals surface area contributed by atoms with E-state index in [0.29, 0.717) is 21.5 Å². The third-order valence-corrected chi connectivity index (χ3v) is 4.69. The van der Waals surface area contributed by atoms with Crippen molar-refractivity contribution in [2.45, 2.75) is 13.0 Å². The maximum Gasteiger partial charge on any atom is 0.280 e. The first-order chi connectivity index (χ1) is 14.5. The van der Waals surface area contributed by atoms with Gasteiger partial charge in [0, 0.05) is 10.6 Å². The van der Waals surface area contributed by atoms with Crippen LogP contribution in [0.3, 0.4) is 0 Å². The molecule has 3 aromatic rings. The van der Waals surface area contributed by atoms with Crippen molar-refractivity contribution in [3.8, 4) is 5.75 Å². The van der Waals surface area contributed by atoms with E-state index in [1.165, 1.54) is 0 Å². The SMILES string of the molecule is CC(Oc1ccc(Cl)cc1Cl)C(=O)NN=C(C=Cc1ccccc1)c1ccccc1. The Balaban J connectivity index is 1.74. The fourth-order valence-corrected chi connectivity index (χ4v) is 3.02. The lowest BCUT2D eigenvalue weighted by molar-refractivity contribution is -0.127. The van der Waals surface area contributed by atoms with E-state index in [9.17, 15) is 4.79 Å². The van der Waals surface area contributed by atoms with Crippen LogP contribution >= 0.6 is 23.2 Å². The van der Waals surface area contributed by atoms with Gasteiger partial charge in [-0.25, -0.2) is 5.43 Å². The van der Waals surface area contributed by atoms with Gasteiger partial charge >= 0.3 is 0 Å². The third-order valence-electron chi connectivity index (χ3n) is 4.16. The summed E-state index contributed by atoms with van der Waals surface area (Å²) in [6, 6.07) is 24.3. The van der Waals surface area contributed by atoms with Crippen molar-refractivity contribution < 1.29 is 9.53 Å². The molecule has 0 fully saturated rings. The molecule has 0 spiro atoms. The van der Waals surface area contributed by atoms with Crippen LogP contribution in [-0.4, -0.2) is 17.7 Å². The van der Waals surface area contributed by atoms with Gasteiger partial charge in [-0.3, -0.25) is 4.79 Å². The largest absolute Gasteiger partial charge is 0.479 e. The Morgan fingerprint density at radius 1 is 1.00 bits per heavy atom. The minimum Gasteiger partial charge on any atom is -0.479 e. The summed E-state index contributed by atoms with van der Waals surface area (Å²) < 4.78 is 5.64. The molecule has 1 unspecified atom stereocenters. The van der Waals surface area contributed by atoms with Crippen LogP contribution in [0.2, 0.25) is 10.0 Å². The summed E-state index contributed by atoms with van der Waals surface area (Å²) in [5, 5.41) is 5.13. The van der Waals surface area contributed by atoms with Gasteiger partial charge in [0.25, 0.3) is 5.91 Å². The average molecular weight is 439 g/mol. The minimum absolute atomic E-state index is 0.335. The molecule has 3 aromatic carbocycles. The molecule has 0 radical (unpaired) electrons. The van der Waals surface area contributed by atoms with Crippen LogP contribution in [0.25, 0.3) is 6.08 Å². The van der Waals surface area contributed by atoms with Gasteiger partial charge in [-0.1, -0.05) is 89.9 Å². The van der Waals surface area contributed by atoms with E-state index < -0.39 is 12.0 Å². The minimum atomic E-state index is -0.803. The second-order valence-corrected chi connectivity index (χ2v) is 7.26. The number of nitrogens with zero attached hydrogens (tertiary/aromatic N) is 1. The molecule has 3 rings (SSSR count). The molecule has 6 heteroatoms. The van der Waals surface area contributed by atoms with Crippen molar-refractivity contribution in [3.63, 3.8) is 0 Å². The normalized spacial score (nSPS) is 12.6. The lowest BCUT2D eigenvalue weighted by Gasteiger charge is -2.14. The van der Waals surface area contributed by atoms with Crippen LogP contribution in [0, 0.1) is 0 Å². The molecule has 0 aromatic heterocycles. The maximum absolute atomic E-state index is 12.5. The fourth-order valence-electron chi connectivity index (χ4n) is 2.57. The van der Waals surface area contributed by atoms with Crippen molar-refractivity contribution in [1.29, 1.82) is 0 Å². The number of allylic oxidation sites excluding steroid dienone is 1. The zero-order valence-corrected chi connectivity index (χ0v) is 17.8. The predicted molar refractivity (Wildman–Crippen MR) is 123 cm³/mol. The summed E-state index contributed by atoms with van der Waals surface area (Å²) in [6.45, 7) is 1.62. The molecule has 1 amide bonds. The number of rotatable bonds is 7. The maximum atomic E-state index is 12.5. The van der Waals surface area contributed by atoms with E-state index in [1.54, 1.807) is 25.1 Å². The van der Waals surface area contributed by atoms with Crippen LogP contribution in [0.4, 0.5) is 0 Å². The zero-order valence-electron chi connectivity index (χ0n) is 16.3. The monoisotopic (exact) mass is 438 g/mol. The lowest BCUT2D eigenvalue weighted by atomic mass is 10.1. The smallest absolute Gasteiger partial charge is 0.280 e. The molecule has 1 N–H and O–H groups in total. The summed E-state index contributed by atoms with van der Waals surface area (Å²) in [6.07, 6.45) is 2.99. The zero-order chi connectivity index (χ0) is 21.3. The molecular weight excluding hydrogens is 419 g/mol. The Labute approximate surface area is 185 Å². The van der Waals surface area contributed by atoms with E-state index in [2.05, 4.69) is 10.5 Å². The summed E-state index contributed by atoms with van der Waals surface area (Å²) in [5.41, 5.74) is 5.09. The van der Waals surface area contributed by atoms with Gasteiger partial charge in [0.2, 0.25) is 0 Å². The first kappa shape index (κ1) is 21.6. The van der Waals surface area contributed by atoms with Crippen LogP contribution in [0.15, 0.2) is 90.0 Å². The van der Waals surface area contributed by atoms with E-state index in [0.717, 1.165) is 11.1 Å². The Bertz CT molecular complexity index is 1050. The number of hydrogen-bond acceptors (Lipinski definition) is 3. The number of ether oxygens (including phenoxy) is 1. The fraction of sp³-hybridized carbons (Fsp3) is 0.0833. The average Bonchev–Trinajstić information content (AvgIpc) is 2.76. The first-order valence-corrected chi connectivity index (χ1v) is 10.1. The van der Waals surface area contributed by atoms with Crippen molar-refractivity contribution in [2.24, 2.45) is 5.10 Å². The Morgan fingerprint density at radius 2 is 1.67 bits per heavy atom. The van der Waals surface area contributed by atoms with Crippen LogP contribution < -0.4 is 10.2 Å². The van der Waals surface area contributed by atoms with Crippen molar-refractivity contribution in [1.82, 2.24) is 5.43 Å². The Morgan fingerprint density at radius 3 is 2.33 bits per heavy atom. The Hall–Kier alpha value is -3.08. The number of benzene rings is 3. The van der Waals surface area contributed by atoms with Crippen molar-refractivity contribution in [3.05, 3.63) is 106 Å². The van der Waals surface area contributed by atoms with Crippen LogP contribution in [0.1, 0.15) is 18.1 Å². The number of hydrazone groups is 1. The molecule has 0 aliphatic carbocycles. The topological polar surface area (TPSA) is 50.7 Å². The second-order valence-electron chi connectivity index (χ2n) is 6.42. The van der Waals surface area contributed by atoms with Gasteiger partial charge in [-0.05, 0) is 36.8 Å². The molecule has 30 heavy (non-hydrogen) atoms. The molecule has 4 nitrogen and oxygen atoms in total. The van der Waals surface area contributed by atoms with Crippen molar-refractivity contribution >= 4 is 40.9 Å². The molecule has 152 valence electrons. The van der Waals surface area contributed by atoms with Crippen LogP contribution in [0.5, 0.6) is 5.75 Å². The standard InChI is InChI=1S/C24H20Cl2N2O2/c1-17(30-23-15-13-20(25)16-21(23)26)24(29)28-27-22(19-10-6-3-7-11-19)14-12-18-8-4-2-5-9-18/h2-17H,1H3,(H,28,29). The molecule has 1 atom stereocenters. The van der Waals surface area contributed by atoms with E-state index >= 15 is 0 Å². The quantitative estimate of drug-likeness (QED) is 0.363. The molecule has 0 saturated heterocycles. The number of nitrogens with one attached hydrogen (secondary N) is 1. The predicted octanol–water partition coefficient (Wildman–Crippen LogP) is 5.99. The van der Waals surface area contributed by atoms with E-state index in [4.69, 9.17) is 27.9 Å². The number of carbonyl (C=O) groups excluding carboxylic acids is 1. The van der Waals surface area contributed by atoms with Crippen LogP contribution in [-0.2, 0) is 4.79 Å². The lowest BCUT2D eigenvalue weighted by Crippen LogP contribution is -2.34. The van der Waals surface area contributed by atoms with Gasteiger partial charge in [0.05, 0.1) is 10.7 Å². The summed E-state index contributed by atoms with van der Waals surface area (Å²) in [4.78, 5) is 12.5. The van der Waals surface area contributed by atoms with E-state index in [-0.39, 0.29) is 0 Å². The van der Waals surface area contributed by atoms with Gasteiger partial charge in [0.15, 0.2) is 6.10 Å². The molecule has 0 bridgehead atoms. The first-order valence-electron chi connectivity index (χ1n) is 9.31. The molecule has 0 heterocycles. The van der Waals surface area contributed by atoms with Gasteiger partial charge in [0.1, 0.15) is 5.75 Å². The molecular formula is C24H20Cl2N2O2. The number of carbonyl (C=O) groups is 1. The van der Waals surface area contributed by atoms with Gasteiger partial charge in [-0.2, -0.15) is 5.10 Å². The summed E-state index contributed by atoms with van der Waals surface area (Å²) in [7, 11) is 0. The molecule has 0 aliphatic heterocycles. The summed E-state index contributed by atoms with van der Waals surface area (Å²) >= 11 is 12.0. The number of amides is 1. The molecule has 0 saturated carbocycles. The summed E-state index contributed by atoms with van der Waals surface area (Å²) in [5.74, 6) is -0.0255. The second kappa shape index (κ2) is 10.6. The molecule has 0 aliphatic rings. The van der Waals surface area contributed by atoms with E-state index in [1.807, 2.05) is 72.8 Å². The number of hydrogen-bond donors (Lipinski definition) is 1. The highest BCUT2D eigenvalue weighted by molar-refractivity contribution is 6.35. The van der Waals surface area contributed by atoms with Crippen molar-refractivity contribution in [2.75, 3.05) is 0 Å². The third kappa shape index (κ3) is 6.21. The highest BCUT2D eigenvalue weighted by atomic mass is 35.5. The highest BCUT2D eigenvalue weighted by Gasteiger charge is 2.16. The highest BCUT2D eigenvalue weighted by Crippen LogP contribution is 2.28. The van der Waals surface area contributed by atoms with Gasteiger partial charge < -0.3 is 4.74 Å². The Kier molecular flexibility index (Phi) is 7.66. The number of halogens is 2. The van der Waals surface area contributed by atoms with Gasteiger partial charge in [-0.15, -0.1) is 0 Å².